The Morgan fingerprint density at radius 1 is 1.13 bits per heavy atom. The summed E-state index contributed by atoms with van der Waals surface area (Å²) < 4.78 is 0. The summed E-state index contributed by atoms with van der Waals surface area (Å²) in [5, 5.41) is 3.24. The normalized spacial score (nSPS) is 62.1. The second kappa shape index (κ2) is 3.67. The fourth-order valence-corrected chi connectivity index (χ4v) is 6.35. The molecule has 0 aromatic rings. The summed E-state index contributed by atoms with van der Waals surface area (Å²) in [6.45, 7) is 0. The van der Waals surface area contributed by atoms with Gasteiger partial charge < -0.3 is 0 Å². The van der Waals surface area contributed by atoms with E-state index in [0.717, 1.165) is 6.42 Å². The number of alkyl halides is 3. The summed E-state index contributed by atoms with van der Waals surface area (Å²) >= 11 is 13.8. The maximum atomic E-state index is 10.8. The molecule has 0 aromatic heterocycles. The van der Waals surface area contributed by atoms with Gasteiger partial charge in [0.15, 0.2) is 0 Å². The molecule has 3 aliphatic carbocycles. The van der Waals surface area contributed by atoms with E-state index >= 15 is 0 Å². The molecular weight excluding hydrogens is 345 g/mol. The van der Waals surface area contributed by atoms with Crippen molar-refractivity contribution in [3.8, 4) is 0 Å². The number of hydrogen-bond acceptors (Lipinski definition) is 2. The van der Waals surface area contributed by atoms with Crippen molar-refractivity contribution >= 4 is 43.5 Å². The van der Waals surface area contributed by atoms with E-state index in [1.54, 1.807) is 0 Å². The van der Waals surface area contributed by atoms with Crippen LogP contribution in [-0.4, -0.2) is 21.1 Å². The number of nitrogens with zero attached hydrogens (tertiary/aromatic N) is 1. The van der Waals surface area contributed by atoms with E-state index < -0.39 is 0 Å². The quantitative estimate of drug-likeness (QED) is 0.521. The zero-order valence-corrected chi connectivity index (χ0v) is 12.0. The fourth-order valence-electron chi connectivity index (χ4n) is 4.04. The zero-order chi connectivity index (χ0) is 10.7. The van der Waals surface area contributed by atoms with E-state index in [4.69, 9.17) is 11.6 Å². The van der Waals surface area contributed by atoms with Gasteiger partial charge in [0.2, 0.25) is 0 Å². The molecule has 3 saturated carbocycles. The van der Waals surface area contributed by atoms with E-state index in [0.29, 0.717) is 33.3 Å². The summed E-state index contributed by atoms with van der Waals surface area (Å²) in [4.78, 5) is 11.8. The van der Waals surface area contributed by atoms with Gasteiger partial charge in [0.1, 0.15) is 6.04 Å². The molecule has 3 aliphatic rings. The summed E-state index contributed by atoms with van der Waals surface area (Å²) in [6, 6.07) is -0.143. The smallest absolute Gasteiger partial charge is 0.112 e. The van der Waals surface area contributed by atoms with Crippen molar-refractivity contribution in [3.63, 3.8) is 0 Å². The minimum atomic E-state index is -0.143. The Kier molecular flexibility index (Phi) is 2.69. The second-order valence-electron chi connectivity index (χ2n) is 5.04. The van der Waals surface area contributed by atoms with Crippen molar-refractivity contribution in [3.05, 3.63) is 4.91 Å². The Morgan fingerprint density at radius 2 is 1.87 bits per heavy atom. The number of nitroso groups, excluding NO2 is 1. The largest absolute Gasteiger partial charge is 0.150 e. The first-order valence-corrected chi connectivity index (χ1v) is 7.66. The summed E-state index contributed by atoms with van der Waals surface area (Å²) in [5.74, 6) is 2.25. The van der Waals surface area contributed by atoms with Crippen LogP contribution in [0.25, 0.3) is 0 Å². The average Bonchev–Trinajstić information content (AvgIpc) is 2.79. The molecule has 0 unspecified atom stereocenters. The summed E-state index contributed by atoms with van der Waals surface area (Å²) in [6.07, 6.45) is 2.30. The van der Waals surface area contributed by atoms with Gasteiger partial charge in [0.25, 0.3) is 0 Å². The van der Waals surface area contributed by atoms with Gasteiger partial charge in [-0.3, -0.25) is 0 Å². The predicted molar refractivity (Wildman–Crippen MR) is 67.8 cm³/mol. The molecule has 0 spiro atoms. The third-order valence-corrected chi connectivity index (χ3v) is 8.07. The average molecular weight is 357 g/mol. The molecule has 8 atom stereocenters. The van der Waals surface area contributed by atoms with Gasteiger partial charge in [0, 0.05) is 9.65 Å². The molecule has 84 valence electrons. The Bertz CT molecular complexity index is 303. The minimum absolute atomic E-state index is 0.00810. The SMILES string of the molecule is O=N[C@@H]1[C@H](Cl)[C@@H]2C[C@@H]1[C@H]1[C@@H](Br)[C@@H](Br)C[C@@H]21. The van der Waals surface area contributed by atoms with Crippen molar-refractivity contribution < 1.29 is 0 Å². The lowest BCUT2D eigenvalue weighted by atomic mass is 9.79. The lowest BCUT2D eigenvalue weighted by Gasteiger charge is -2.32. The predicted octanol–water partition coefficient (Wildman–Crippen LogP) is 3.54. The van der Waals surface area contributed by atoms with Crippen LogP contribution >= 0.6 is 43.5 Å². The van der Waals surface area contributed by atoms with Crippen LogP contribution in [-0.2, 0) is 0 Å². The van der Waals surface area contributed by atoms with Gasteiger partial charge in [-0.15, -0.1) is 11.6 Å². The lowest BCUT2D eigenvalue weighted by molar-refractivity contribution is 0.243. The molecule has 0 radical (unpaired) electrons. The van der Waals surface area contributed by atoms with Crippen LogP contribution < -0.4 is 0 Å². The number of hydrogen-bond donors (Lipinski definition) is 0. The molecule has 0 aliphatic heterocycles. The van der Waals surface area contributed by atoms with Gasteiger partial charge in [0.05, 0.1) is 5.38 Å². The molecule has 0 saturated heterocycles. The lowest BCUT2D eigenvalue weighted by Crippen LogP contribution is -2.38. The molecule has 0 aromatic carbocycles. The second-order valence-corrected chi connectivity index (χ2v) is 7.78. The topological polar surface area (TPSA) is 29.4 Å². The van der Waals surface area contributed by atoms with Crippen LogP contribution in [0.3, 0.4) is 0 Å². The molecule has 15 heavy (non-hydrogen) atoms. The van der Waals surface area contributed by atoms with E-state index in [1.807, 2.05) is 0 Å². The van der Waals surface area contributed by atoms with E-state index in [1.165, 1.54) is 6.42 Å². The highest BCUT2D eigenvalue weighted by Crippen LogP contribution is 2.63. The Balaban J connectivity index is 1.92. The van der Waals surface area contributed by atoms with Gasteiger partial charge >= 0.3 is 0 Å². The van der Waals surface area contributed by atoms with E-state index in [2.05, 4.69) is 37.0 Å². The fraction of sp³-hybridized carbons (Fsp3) is 1.00. The van der Waals surface area contributed by atoms with Crippen molar-refractivity contribution in [2.24, 2.45) is 28.8 Å². The third-order valence-electron chi connectivity index (χ3n) is 4.59. The van der Waals surface area contributed by atoms with Crippen molar-refractivity contribution in [1.82, 2.24) is 0 Å². The standard InChI is InChI=1S/C10H12Br2ClNO/c11-6-2-3-4-1-5(7(3)8(6)12)10(14-15)9(4)13/h3-10H,1-2H2/t3-,4+,5+,6-,7-,8-,9+,10-/m0/s1. The Labute approximate surface area is 111 Å². The molecule has 2 nitrogen and oxygen atoms in total. The van der Waals surface area contributed by atoms with Crippen LogP contribution in [0.5, 0.6) is 0 Å². The molecule has 3 rings (SSSR count). The van der Waals surface area contributed by atoms with Crippen LogP contribution in [0, 0.1) is 28.6 Å². The van der Waals surface area contributed by atoms with Gasteiger partial charge in [-0.05, 0) is 36.5 Å². The first-order valence-electron chi connectivity index (χ1n) is 5.40. The summed E-state index contributed by atoms with van der Waals surface area (Å²) in [5.41, 5.74) is 0. The van der Waals surface area contributed by atoms with Crippen molar-refractivity contribution in [1.29, 1.82) is 0 Å². The van der Waals surface area contributed by atoms with E-state index in [9.17, 15) is 4.91 Å². The maximum absolute atomic E-state index is 10.8. The van der Waals surface area contributed by atoms with Crippen LogP contribution in [0.15, 0.2) is 5.18 Å². The first kappa shape index (κ1) is 11.0. The summed E-state index contributed by atoms with van der Waals surface area (Å²) in [7, 11) is 0. The van der Waals surface area contributed by atoms with Crippen LogP contribution in [0.1, 0.15) is 12.8 Å². The van der Waals surface area contributed by atoms with Gasteiger partial charge in [-0.1, -0.05) is 37.0 Å². The Morgan fingerprint density at radius 3 is 2.53 bits per heavy atom. The molecule has 2 bridgehead atoms. The minimum Gasteiger partial charge on any atom is -0.150 e. The maximum Gasteiger partial charge on any atom is 0.112 e. The third kappa shape index (κ3) is 1.34. The van der Waals surface area contributed by atoms with E-state index in [-0.39, 0.29) is 11.4 Å². The number of halogens is 3. The highest BCUT2D eigenvalue weighted by atomic mass is 79.9. The van der Waals surface area contributed by atoms with Gasteiger partial charge in [-0.25, -0.2) is 0 Å². The molecular formula is C10H12Br2ClNO. The monoisotopic (exact) mass is 355 g/mol. The first-order chi connectivity index (χ1) is 7.15. The number of rotatable bonds is 1. The highest BCUT2D eigenvalue weighted by Gasteiger charge is 2.63. The van der Waals surface area contributed by atoms with Crippen molar-refractivity contribution in [2.75, 3.05) is 0 Å². The molecule has 0 amide bonds. The van der Waals surface area contributed by atoms with Crippen LogP contribution in [0.2, 0.25) is 0 Å². The van der Waals surface area contributed by atoms with Gasteiger partial charge in [-0.2, -0.15) is 4.91 Å². The number of fused-ring (bicyclic) bond motifs is 5. The zero-order valence-electron chi connectivity index (χ0n) is 8.02. The molecule has 0 N–H and O–H groups in total. The van der Waals surface area contributed by atoms with Crippen LogP contribution in [0.4, 0.5) is 0 Å². The molecule has 5 heteroatoms. The Hall–Kier alpha value is 0.850. The molecule has 3 fully saturated rings. The molecule has 0 heterocycles. The van der Waals surface area contributed by atoms with Crippen molar-refractivity contribution in [2.45, 2.75) is 33.9 Å². The highest BCUT2D eigenvalue weighted by molar-refractivity contribution is 9.12.